The summed E-state index contributed by atoms with van der Waals surface area (Å²) in [6.45, 7) is 10.6. The molecule has 5 heteroatoms. The summed E-state index contributed by atoms with van der Waals surface area (Å²) in [6.07, 6.45) is 0.287. The van der Waals surface area contributed by atoms with Crippen LogP contribution in [0, 0.1) is 0 Å². The van der Waals surface area contributed by atoms with Gasteiger partial charge in [-0.05, 0) is 34.6 Å². The topological polar surface area (TPSA) is 55.8 Å². The standard InChI is InChI=1S/C13H25NO4/c1-6-17-12(15)8-9-14(10(3)4)11(5)13(16)18-7-2/h10-11H,6-9H2,1-5H3/t11-/m1/s1. The zero-order valence-electron chi connectivity index (χ0n) is 12.1. The Labute approximate surface area is 109 Å². The maximum Gasteiger partial charge on any atom is 0.323 e. The average molecular weight is 259 g/mol. The highest BCUT2D eigenvalue weighted by Crippen LogP contribution is 2.08. The molecule has 0 N–H and O–H groups in total. The van der Waals surface area contributed by atoms with Crippen LogP contribution in [-0.4, -0.2) is 48.7 Å². The second kappa shape index (κ2) is 8.91. The molecular formula is C13H25NO4. The third-order valence-corrected chi connectivity index (χ3v) is 2.67. The highest BCUT2D eigenvalue weighted by Gasteiger charge is 2.25. The van der Waals surface area contributed by atoms with Crippen LogP contribution >= 0.6 is 0 Å². The van der Waals surface area contributed by atoms with Gasteiger partial charge in [-0.25, -0.2) is 0 Å². The van der Waals surface area contributed by atoms with Gasteiger partial charge in [-0.15, -0.1) is 0 Å². The number of rotatable bonds is 8. The Kier molecular flexibility index (Phi) is 8.37. The predicted molar refractivity (Wildman–Crippen MR) is 69.2 cm³/mol. The van der Waals surface area contributed by atoms with E-state index in [1.165, 1.54) is 0 Å². The van der Waals surface area contributed by atoms with Crippen LogP contribution in [0.15, 0.2) is 0 Å². The molecule has 0 unspecified atom stereocenters. The summed E-state index contributed by atoms with van der Waals surface area (Å²) < 4.78 is 9.87. The van der Waals surface area contributed by atoms with Crippen molar-refractivity contribution < 1.29 is 19.1 Å². The maximum atomic E-state index is 11.7. The lowest BCUT2D eigenvalue weighted by Gasteiger charge is -2.30. The van der Waals surface area contributed by atoms with Crippen molar-refractivity contribution in [2.24, 2.45) is 0 Å². The van der Waals surface area contributed by atoms with E-state index in [4.69, 9.17) is 9.47 Å². The van der Waals surface area contributed by atoms with Crippen LogP contribution in [0.4, 0.5) is 0 Å². The number of ether oxygens (including phenoxy) is 2. The van der Waals surface area contributed by atoms with Gasteiger partial charge in [-0.2, -0.15) is 0 Å². The summed E-state index contributed by atoms with van der Waals surface area (Å²) in [7, 11) is 0. The Bertz CT molecular complexity index is 266. The van der Waals surface area contributed by atoms with Gasteiger partial charge < -0.3 is 9.47 Å². The van der Waals surface area contributed by atoms with Crippen molar-refractivity contribution in [3.05, 3.63) is 0 Å². The molecule has 1 atom stereocenters. The monoisotopic (exact) mass is 259 g/mol. The molecule has 0 aromatic heterocycles. The lowest BCUT2D eigenvalue weighted by Crippen LogP contribution is -2.45. The number of nitrogens with zero attached hydrogens (tertiary/aromatic N) is 1. The SMILES string of the molecule is CCOC(=O)CCN(C(C)C)[C@H](C)C(=O)OCC. The van der Waals surface area contributed by atoms with Crippen LogP contribution in [0.2, 0.25) is 0 Å². The highest BCUT2D eigenvalue weighted by molar-refractivity contribution is 5.75. The number of hydrogen-bond donors (Lipinski definition) is 0. The Morgan fingerprint density at radius 3 is 2.06 bits per heavy atom. The molecule has 18 heavy (non-hydrogen) atoms. The zero-order valence-corrected chi connectivity index (χ0v) is 12.1. The van der Waals surface area contributed by atoms with Crippen molar-refractivity contribution in [3.63, 3.8) is 0 Å². The molecule has 0 spiro atoms. The smallest absolute Gasteiger partial charge is 0.323 e. The van der Waals surface area contributed by atoms with Crippen molar-refractivity contribution in [2.45, 2.75) is 53.1 Å². The summed E-state index contributed by atoms with van der Waals surface area (Å²) in [6, 6.07) is -0.182. The van der Waals surface area contributed by atoms with Gasteiger partial charge in [0, 0.05) is 12.6 Å². The zero-order chi connectivity index (χ0) is 14.1. The molecule has 5 nitrogen and oxygen atoms in total. The van der Waals surface area contributed by atoms with Crippen molar-refractivity contribution >= 4 is 11.9 Å². The van der Waals surface area contributed by atoms with E-state index in [9.17, 15) is 9.59 Å². The largest absolute Gasteiger partial charge is 0.466 e. The summed E-state index contributed by atoms with van der Waals surface area (Å²) in [4.78, 5) is 24.9. The number of hydrogen-bond acceptors (Lipinski definition) is 5. The van der Waals surface area contributed by atoms with Crippen molar-refractivity contribution in [3.8, 4) is 0 Å². The van der Waals surface area contributed by atoms with E-state index in [1.807, 2.05) is 18.7 Å². The van der Waals surface area contributed by atoms with Gasteiger partial charge in [0.15, 0.2) is 0 Å². The first kappa shape index (κ1) is 16.9. The molecule has 0 aromatic carbocycles. The van der Waals surface area contributed by atoms with Gasteiger partial charge in [0.05, 0.1) is 19.6 Å². The molecule has 0 radical (unpaired) electrons. The van der Waals surface area contributed by atoms with Crippen molar-refractivity contribution in [2.75, 3.05) is 19.8 Å². The molecule has 0 aromatic rings. The second-order valence-corrected chi connectivity index (χ2v) is 4.31. The van der Waals surface area contributed by atoms with Gasteiger partial charge in [0.25, 0.3) is 0 Å². The first-order valence-electron chi connectivity index (χ1n) is 6.51. The minimum Gasteiger partial charge on any atom is -0.466 e. The Morgan fingerprint density at radius 1 is 1.06 bits per heavy atom. The molecule has 0 saturated heterocycles. The van der Waals surface area contributed by atoms with Crippen LogP contribution in [0.5, 0.6) is 0 Å². The summed E-state index contributed by atoms with van der Waals surface area (Å²) in [5.74, 6) is -0.491. The summed E-state index contributed by atoms with van der Waals surface area (Å²) in [5.41, 5.74) is 0. The minimum absolute atomic E-state index is 0.166. The maximum absolute atomic E-state index is 11.7. The third kappa shape index (κ3) is 6.00. The normalized spacial score (nSPS) is 12.6. The lowest BCUT2D eigenvalue weighted by molar-refractivity contribution is -0.151. The molecule has 0 bridgehead atoms. The van der Waals surface area contributed by atoms with Gasteiger partial charge in [0.1, 0.15) is 6.04 Å². The molecule has 106 valence electrons. The van der Waals surface area contributed by atoms with Crippen LogP contribution in [0.3, 0.4) is 0 Å². The number of esters is 2. The van der Waals surface area contributed by atoms with Gasteiger partial charge in [-0.3, -0.25) is 14.5 Å². The van der Waals surface area contributed by atoms with Crippen molar-refractivity contribution in [1.29, 1.82) is 0 Å². The fourth-order valence-electron chi connectivity index (χ4n) is 1.75. The first-order chi connectivity index (χ1) is 8.43. The van der Waals surface area contributed by atoms with E-state index in [0.29, 0.717) is 19.8 Å². The van der Waals surface area contributed by atoms with E-state index in [0.717, 1.165) is 0 Å². The van der Waals surface area contributed by atoms with Crippen molar-refractivity contribution in [1.82, 2.24) is 4.90 Å². The van der Waals surface area contributed by atoms with Gasteiger partial charge in [0.2, 0.25) is 0 Å². The molecule has 0 heterocycles. The van der Waals surface area contributed by atoms with Gasteiger partial charge in [-0.1, -0.05) is 0 Å². The molecular weight excluding hydrogens is 234 g/mol. The number of carbonyl (C=O) groups excluding carboxylic acids is 2. The van der Waals surface area contributed by atoms with Crippen LogP contribution in [0.1, 0.15) is 41.0 Å². The quantitative estimate of drug-likeness (QED) is 0.620. The molecule has 0 amide bonds. The fraction of sp³-hybridized carbons (Fsp3) is 0.846. The summed E-state index contributed by atoms with van der Waals surface area (Å²) in [5, 5.41) is 0. The Balaban J connectivity index is 4.38. The van der Waals surface area contributed by atoms with E-state index in [-0.39, 0.29) is 30.4 Å². The Morgan fingerprint density at radius 2 is 1.61 bits per heavy atom. The van der Waals surface area contributed by atoms with E-state index in [2.05, 4.69) is 0 Å². The third-order valence-electron chi connectivity index (χ3n) is 2.67. The van der Waals surface area contributed by atoms with Crippen LogP contribution < -0.4 is 0 Å². The number of carbonyl (C=O) groups is 2. The second-order valence-electron chi connectivity index (χ2n) is 4.31. The molecule has 0 rings (SSSR count). The molecule has 0 aliphatic carbocycles. The first-order valence-corrected chi connectivity index (χ1v) is 6.51. The van der Waals surface area contributed by atoms with E-state index >= 15 is 0 Å². The van der Waals surface area contributed by atoms with E-state index < -0.39 is 0 Å². The molecule has 0 aliphatic rings. The van der Waals surface area contributed by atoms with Crippen LogP contribution in [0.25, 0.3) is 0 Å². The average Bonchev–Trinajstić information content (AvgIpc) is 2.29. The minimum atomic E-state index is -0.348. The summed E-state index contributed by atoms with van der Waals surface area (Å²) >= 11 is 0. The van der Waals surface area contributed by atoms with Gasteiger partial charge >= 0.3 is 11.9 Å². The van der Waals surface area contributed by atoms with Crippen LogP contribution in [-0.2, 0) is 19.1 Å². The molecule has 0 saturated carbocycles. The molecule has 0 aliphatic heterocycles. The Hall–Kier alpha value is -1.10. The van der Waals surface area contributed by atoms with E-state index in [1.54, 1.807) is 20.8 Å². The highest BCUT2D eigenvalue weighted by atomic mass is 16.5. The molecule has 0 fully saturated rings. The predicted octanol–water partition coefficient (Wildman–Crippen LogP) is 1.60. The lowest BCUT2D eigenvalue weighted by atomic mass is 10.2. The fourth-order valence-corrected chi connectivity index (χ4v) is 1.75.